The van der Waals surface area contributed by atoms with E-state index < -0.39 is 46.9 Å². The highest BCUT2D eigenvalue weighted by atomic mass is 19.1. The highest BCUT2D eigenvalue weighted by Crippen LogP contribution is 2.30. The molecule has 2 aliphatic heterocycles. The number of fused-ring (bicyclic) bond motifs is 1. The Balaban J connectivity index is 1.28. The standard InChI is InChI=1S/C36H43FN7O8/c1-34(2,3)50-32(47)29(52-44-30(45)27-10-7-8-11-28(27)31(44)46)20-49-26-14-12-24(13-15-26)25-18-42(17-9-16-39-40-38)43(19-25)23-36(37)21-41(22-36)33(48)51-35(4,5)6/h7-8,10-15,18-19,29H,9,16-17,20-23H2,1-6H3/q+1/t29-/m0/s1. The van der Waals surface area contributed by atoms with Crippen LogP contribution >= 0.6 is 0 Å². The Morgan fingerprint density at radius 3 is 2.15 bits per heavy atom. The number of aryl methyl sites for hydroxylation is 1. The van der Waals surface area contributed by atoms with Gasteiger partial charge in [-0.05, 0) is 76.9 Å². The molecular formula is C36H43FN7O8+. The number of esters is 1. The van der Waals surface area contributed by atoms with Crippen LogP contribution in [0.4, 0.5) is 9.18 Å². The van der Waals surface area contributed by atoms with Crippen molar-refractivity contribution in [3.05, 3.63) is 82.5 Å². The molecule has 276 valence electrons. The SMILES string of the molecule is CC(C)(C)OC(=O)[C@H](COc1ccc(-c2cn(CC3(F)CN(C(=O)OC(C)(C)C)C3)[n+](CCCN=[N+]=[N-])c2)cc1)ON1C(=O)c2ccccc2C1=O. The van der Waals surface area contributed by atoms with Crippen LogP contribution in [-0.4, -0.2) is 87.7 Å². The van der Waals surface area contributed by atoms with Crippen molar-refractivity contribution in [2.75, 3.05) is 26.2 Å². The lowest BCUT2D eigenvalue weighted by atomic mass is 9.97. The number of hydrogen-bond acceptors (Lipinski definition) is 9. The van der Waals surface area contributed by atoms with Crippen LogP contribution in [0.2, 0.25) is 0 Å². The summed E-state index contributed by atoms with van der Waals surface area (Å²) in [7, 11) is 0. The molecule has 52 heavy (non-hydrogen) atoms. The summed E-state index contributed by atoms with van der Waals surface area (Å²) in [5.41, 5.74) is 7.30. The Kier molecular flexibility index (Phi) is 10.9. The summed E-state index contributed by atoms with van der Waals surface area (Å²) in [6.07, 6.45) is 2.16. The third-order valence-corrected chi connectivity index (χ3v) is 7.91. The van der Waals surface area contributed by atoms with E-state index in [4.69, 9.17) is 24.6 Å². The Bertz CT molecular complexity index is 1830. The zero-order valence-corrected chi connectivity index (χ0v) is 30.1. The van der Waals surface area contributed by atoms with E-state index in [9.17, 15) is 19.2 Å². The van der Waals surface area contributed by atoms with E-state index in [0.717, 1.165) is 11.1 Å². The number of carbonyl (C=O) groups is 4. The van der Waals surface area contributed by atoms with Crippen LogP contribution in [0.15, 0.2) is 66.0 Å². The summed E-state index contributed by atoms with van der Waals surface area (Å²) in [4.78, 5) is 61.1. The van der Waals surface area contributed by atoms with Crippen LogP contribution in [0.3, 0.4) is 0 Å². The normalized spacial score (nSPS) is 15.8. The van der Waals surface area contributed by atoms with Gasteiger partial charge < -0.3 is 19.1 Å². The molecule has 3 aromatic rings. The first-order valence-corrected chi connectivity index (χ1v) is 16.8. The van der Waals surface area contributed by atoms with Crippen LogP contribution in [0, 0.1) is 0 Å². The lowest BCUT2D eigenvalue weighted by Crippen LogP contribution is -2.64. The topological polar surface area (TPSA) is 169 Å². The van der Waals surface area contributed by atoms with Gasteiger partial charge in [-0.25, -0.2) is 18.8 Å². The minimum absolute atomic E-state index is 0.0197. The fourth-order valence-corrected chi connectivity index (χ4v) is 5.63. The molecule has 0 N–H and O–H groups in total. The number of hydroxylamine groups is 2. The van der Waals surface area contributed by atoms with Gasteiger partial charge in [0.05, 0.1) is 36.0 Å². The summed E-state index contributed by atoms with van der Waals surface area (Å²) >= 11 is 0. The van der Waals surface area contributed by atoms with Crippen molar-refractivity contribution in [1.82, 2.24) is 14.6 Å². The summed E-state index contributed by atoms with van der Waals surface area (Å²) in [6.45, 7) is 10.4. The monoisotopic (exact) mass is 720 g/mol. The minimum Gasteiger partial charge on any atom is -0.490 e. The molecular weight excluding hydrogens is 677 g/mol. The first-order chi connectivity index (χ1) is 24.4. The van der Waals surface area contributed by atoms with Gasteiger partial charge in [0.1, 0.15) is 30.1 Å². The van der Waals surface area contributed by atoms with Gasteiger partial charge in [0, 0.05) is 17.9 Å². The fraction of sp³-hybridized carbons (Fsp3) is 0.472. The maximum Gasteiger partial charge on any atom is 0.410 e. The third-order valence-electron chi connectivity index (χ3n) is 7.91. The van der Waals surface area contributed by atoms with E-state index in [1.165, 1.54) is 17.0 Å². The molecule has 2 aliphatic rings. The van der Waals surface area contributed by atoms with Crippen molar-refractivity contribution in [3.63, 3.8) is 0 Å². The molecule has 0 saturated carbocycles. The van der Waals surface area contributed by atoms with Crippen molar-refractivity contribution in [1.29, 1.82) is 0 Å². The van der Waals surface area contributed by atoms with Gasteiger partial charge in [0.25, 0.3) is 11.8 Å². The average Bonchev–Trinajstić information content (AvgIpc) is 3.55. The number of nitrogens with zero attached hydrogens (tertiary/aromatic N) is 7. The van der Waals surface area contributed by atoms with Crippen molar-refractivity contribution >= 4 is 23.9 Å². The predicted molar refractivity (Wildman–Crippen MR) is 183 cm³/mol. The average molecular weight is 721 g/mol. The molecule has 1 fully saturated rings. The number of imide groups is 1. The summed E-state index contributed by atoms with van der Waals surface area (Å²) < 4.78 is 36.1. The molecule has 15 nitrogen and oxygen atoms in total. The van der Waals surface area contributed by atoms with E-state index in [1.54, 1.807) is 88.8 Å². The molecule has 16 heteroatoms. The smallest absolute Gasteiger partial charge is 0.410 e. The molecule has 0 bridgehead atoms. The van der Waals surface area contributed by atoms with Gasteiger partial charge >= 0.3 is 12.1 Å². The van der Waals surface area contributed by atoms with Gasteiger partial charge in [-0.2, -0.15) is 4.68 Å². The fourth-order valence-electron chi connectivity index (χ4n) is 5.63. The second-order valence-corrected chi connectivity index (χ2v) is 14.7. The number of azide groups is 1. The second-order valence-electron chi connectivity index (χ2n) is 14.7. The van der Waals surface area contributed by atoms with Crippen LogP contribution in [0.25, 0.3) is 21.6 Å². The van der Waals surface area contributed by atoms with Gasteiger partial charge in [-0.15, -0.1) is 9.75 Å². The molecule has 0 radical (unpaired) electrons. The first kappa shape index (κ1) is 37.8. The van der Waals surface area contributed by atoms with Crippen LogP contribution in [0.5, 0.6) is 5.75 Å². The second kappa shape index (κ2) is 15.0. The summed E-state index contributed by atoms with van der Waals surface area (Å²) in [6, 6.07) is 13.2. The zero-order valence-electron chi connectivity index (χ0n) is 30.1. The summed E-state index contributed by atoms with van der Waals surface area (Å²) in [5, 5.41) is 4.15. The maximum absolute atomic E-state index is 15.8. The number of likely N-dealkylation sites (tertiary alicyclic amines) is 1. The number of rotatable bonds is 13. The quantitative estimate of drug-likeness (QED) is 0.0429. The largest absolute Gasteiger partial charge is 0.490 e. The molecule has 1 saturated heterocycles. The van der Waals surface area contributed by atoms with E-state index >= 15 is 4.39 Å². The zero-order chi connectivity index (χ0) is 37.8. The lowest BCUT2D eigenvalue weighted by molar-refractivity contribution is -0.776. The molecule has 0 unspecified atom stereocenters. The van der Waals surface area contributed by atoms with Crippen LogP contribution in [0.1, 0.15) is 68.7 Å². The van der Waals surface area contributed by atoms with Crippen LogP contribution < -0.4 is 9.42 Å². The van der Waals surface area contributed by atoms with Crippen LogP contribution in [-0.2, 0) is 32.2 Å². The lowest BCUT2D eigenvalue weighted by Gasteiger charge is -2.43. The number of benzene rings is 2. The number of hydrogen-bond donors (Lipinski definition) is 0. The van der Waals surface area contributed by atoms with E-state index in [1.807, 2.05) is 10.9 Å². The highest BCUT2D eigenvalue weighted by molar-refractivity contribution is 6.20. The first-order valence-electron chi connectivity index (χ1n) is 16.8. The molecule has 3 amide bonds. The minimum atomic E-state index is -1.67. The van der Waals surface area contributed by atoms with Crippen molar-refractivity contribution in [2.24, 2.45) is 5.11 Å². The van der Waals surface area contributed by atoms with E-state index in [-0.39, 0.29) is 43.9 Å². The number of ether oxygens (including phenoxy) is 3. The Labute approximate surface area is 300 Å². The van der Waals surface area contributed by atoms with Gasteiger partial charge in [-0.3, -0.25) is 9.59 Å². The molecule has 1 aromatic heterocycles. The Morgan fingerprint density at radius 1 is 0.962 bits per heavy atom. The van der Waals surface area contributed by atoms with E-state index in [2.05, 4.69) is 10.0 Å². The van der Waals surface area contributed by atoms with Gasteiger partial charge in [0.2, 0.25) is 12.3 Å². The van der Waals surface area contributed by atoms with Gasteiger partial charge in [0.15, 0.2) is 12.2 Å². The molecule has 5 rings (SSSR count). The maximum atomic E-state index is 15.8. The van der Waals surface area contributed by atoms with Crippen molar-refractivity contribution in [2.45, 2.75) is 84.0 Å². The molecule has 2 aromatic carbocycles. The molecule has 0 aliphatic carbocycles. The molecule has 1 atom stereocenters. The number of carbonyl (C=O) groups excluding carboxylic acids is 4. The Hall–Kier alpha value is -5.47. The van der Waals surface area contributed by atoms with Crippen molar-refractivity contribution < 1.29 is 47.3 Å². The summed E-state index contributed by atoms with van der Waals surface area (Å²) in [5.74, 6) is -1.85. The molecule has 3 heterocycles. The van der Waals surface area contributed by atoms with Gasteiger partial charge in [-0.1, -0.05) is 29.4 Å². The number of halogens is 1. The molecule has 0 spiro atoms. The number of alkyl halides is 1. The third kappa shape index (κ3) is 9.25. The van der Waals surface area contributed by atoms with Crippen molar-refractivity contribution in [3.8, 4) is 16.9 Å². The van der Waals surface area contributed by atoms with E-state index in [0.29, 0.717) is 23.8 Å². The predicted octanol–water partition coefficient (Wildman–Crippen LogP) is 5.42. The number of aromatic nitrogens is 2. The highest BCUT2D eigenvalue weighted by Gasteiger charge is 2.49. The number of amides is 3. The Morgan fingerprint density at radius 2 is 1.58 bits per heavy atom.